The molecule has 2 aromatic carbocycles. The fraction of sp³-hybridized carbons (Fsp3) is 0.130. The number of rotatable bonds is 3. The van der Waals surface area contributed by atoms with Crippen LogP contribution < -0.4 is 5.43 Å². The Morgan fingerprint density at radius 3 is 2.74 bits per heavy atom. The van der Waals surface area contributed by atoms with E-state index in [1.165, 1.54) is 12.1 Å². The second-order valence-electron chi connectivity index (χ2n) is 7.36. The Kier molecular flexibility index (Phi) is 4.37. The molecule has 0 fully saturated rings. The van der Waals surface area contributed by atoms with Crippen LogP contribution in [0.15, 0.2) is 71.9 Å². The largest absolute Gasteiger partial charge is 0.503 e. The molecule has 1 N–H and O–H groups in total. The molecule has 0 saturated heterocycles. The fourth-order valence-electron chi connectivity index (χ4n) is 4.24. The second kappa shape index (κ2) is 7.22. The van der Waals surface area contributed by atoms with Crippen LogP contribution in [-0.2, 0) is 6.54 Å². The van der Waals surface area contributed by atoms with Crippen molar-refractivity contribution in [2.45, 2.75) is 18.5 Å². The highest BCUT2D eigenvalue weighted by Gasteiger charge is 2.35. The van der Waals surface area contributed by atoms with Gasteiger partial charge in [-0.15, -0.1) is 0 Å². The molecule has 4 aromatic rings. The predicted octanol–water partition coefficient (Wildman–Crippen LogP) is 3.89. The van der Waals surface area contributed by atoms with Crippen molar-refractivity contribution in [1.29, 1.82) is 0 Å². The SMILES string of the molecule is [C-]#[N+]c1cccc([C@H](c2cccc(F)c2)[C@H]2Cn3ccnc3-c3c(O)c(=O)cnn32)c1. The van der Waals surface area contributed by atoms with Crippen molar-refractivity contribution in [2.75, 3.05) is 0 Å². The van der Waals surface area contributed by atoms with Gasteiger partial charge in [0.05, 0.1) is 18.8 Å². The summed E-state index contributed by atoms with van der Waals surface area (Å²) in [6, 6.07) is 13.0. The lowest BCUT2D eigenvalue weighted by atomic mass is 9.84. The summed E-state index contributed by atoms with van der Waals surface area (Å²) in [6.45, 7) is 7.81. The van der Waals surface area contributed by atoms with E-state index in [1.54, 1.807) is 41.3 Å². The number of nitrogens with zero attached hydrogens (tertiary/aromatic N) is 5. The zero-order chi connectivity index (χ0) is 21.5. The van der Waals surface area contributed by atoms with Gasteiger partial charge in [-0.3, -0.25) is 9.48 Å². The summed E-state index contributed by atoms with van der Waals surface area (Å²) in [5.74, 6) is -0.771. The molecule has 0 spiro atoms. The first-order chi connectivity index (χ1) is 15.1. The van der Waals surface area contributed by atoms with Gasteiger partial charge in [0.25, 0.3) is 0 Å². The molecule has 5 rings (SSSR count). The van der Waals surface area contributed by atoms with E-state index >= 15 is 0 Å². The van der Waals surface area contributed by atoms with Crippen molar-refractivity contribution < 1.29 is 9.50 Å². The molecule has 0 radical (unpaired) electrons. The first-order valence-electron chi connectivity index (χ1n) is 9.62. The lowest BCUT2D eigenvalue weighted by Gasteiger charge is -2.34. The molecule has 0 unspecified atom stereocenters. The summed E-state index contributed by atoms with van der Waals surface area (Å²) in [7, 11) is 0. The van der Waals surface area contributed by atoms with Crippen molar-refractivity contribution in [3.63, 3.8) is 0 Å². The molecular weight excluding hydrogens is 397 g/mol. The summed E-state index contributed by atoms with van der Waals surface area (Å²) >= 11 is 0. The number of aromatic hydroxyl groups is 1. The monoisotopic (exact) mass is 413 g/mol. The number of halogens is 1. The Hall–Kier alpha value is -4.25. The van der Waals surface area contributed by atoms with Crippen LogP contribution in [0.2, 0.25) is 0 Å². The van der Waals surface area contributed by atoms with E-state index < -0.39 is 23.1 Å². The summed E-state index contributed by atoms with van der Waals surface area (Å²) < 4.78 is 17.6. The first kappa shape index (κ1) is 18.8. The lowest BCUT2D eigenvalue weighted by Crippen LogP contribution is -2.32. The van der Waals surface area contributed by atoms with Gasteiger partial charge in [-0.2, -0.15) is 5.10 Å². The Labute approximate surface area is 176 Å². The quantitative estimate of drug-likeness (QED) is 0.517. The van der Waals surface area contributed by atoms with Crippen LogP contribution in [0, 0.1) is 12.4 Å². The van der Waals surface area contributed by atoms with Crippen LogP contribution in [0.5, 0.6) is 5.75 Å². The van der Waals surface area contributed by atoms with Gasteiger partial charge >= 0.3 is 0 Å². The molecule has 8 heteroatoms. The van der Waals surface area contributed by atoms with Crippen molar-refractivity contribution in [1.82, 2.24) is 19.3 Å². The van der Waals surface area contributed by atoms with Gasteiger partial charge in [0, 0.05) is 24.9 Å². The Bertz CT molecular complexity index is 1400. The minimum Gasteiger partial charge on any atom is -0.503 e. The maximum atomic E-state index is 14.2. The van der Waals surface area contributed by atoms with E-state index in [0.29, 0.717) is 23.6 Å². The van der Waals surface area contributed by atoms with Crippen LogP contribution in [0.3, 0.4) is 0 Å². The maximum absolute atomic E-state index is 14.2. The van der Waals surface area contributed by atoms with Crippen molar-refractivity contribution in [3.05, 3.63) is 106 Å². The molecule has 2 aromatic heterocycles. The van der Waals surface area contributed by atoms with Gasteiger partial charge in [-0.1, -0.05) is 36.4 Å². The van der Waals surface area contributed by atoms with E-state index in [2.05, 4.69) is 14.9 Å². The van der Waals surface area contributed by atoms with Crippen molar-refractivity contribution >= 4 is 5.69 Å². The molecule has 31 heavy (non-hydrogen) atoms. The Morgan fingerprint density at radius 2 is 1.97 bits per heavy atom. The number of benzene rings is 2. The third-order valence-electron chi connectivity index (χ3n) is 5.56. The molecule has 0 aliphatic carbocycles. The smallest absolute Gasteiger partial charge is 0.242 e. The molecule has 7 nitrogen and oxygen atoms in total. The number of imidazole rings is 1. The van der Waals surface area contributed by atoms with Crippen LogP contribution >= 0.6 is 0 Å². The summed E-state index contributed by atoms with van der Waals surface area (Å²) in [6.07, 6.45) is 4.43. The van der Waals surface area contributed by atoms with E-state index in [0.717, 1.165) is 11.8 Å². The van der Waals surface area contributed by atoms with E-state index in [4.69, 9.17) is 6.57 Å². The molecule has 0 amide bonds. The standard InChI is InChI=1S/C23H16FN5O2/c1-25-17-7-3-5-15(11-17)20(14-4-2-6-16(24)10-14)18-13-28-9-8-26-23(28)21-22(31)19(30)12-27-29(18)21/h2-12,18,20,31H,13H2/t18-,20+/m1/s1. The average molecular weight is 413 g/mol. The molecule has 2 atom stereocenters. The Balaban J connectivity index is 1.77. The van der Waals surface area contributed by atoms with Gasteiger partial charge in [0.2, 0.25) is 5.43 Å². The summed E-state index contributed by atoms with van der Waals surface area (Å²) in [4.78, 5) is 19.9. The molecule has 3 heterocycles. The van der Waals surface area contributed by atoms with Crippen molar-refractivity contribution in [3.8, 4) is 17.3 Å². The highest BCUT2D eigenvalue weighted by molar-refractivity contribution is 5.60. The molecule has 152 valence electrons. The van der Waals surface area contributed by atoms with Gasteiger partial charge in [-0.25, -0.2) is 14.2 Å². The molecule has 0 bridgehead atoms. The minimum atomic E-state index is -0.598. The molecule has 0 saturated carbocycles. The van der Waals surface area contributed by atoms with E-state index in [9.17, 15) is 14.3 Å². The first-order valence-corrected chi connectivity index (χ1v) is 9.62. The normalized spacial score (nSPS) is 15.5. The molecular formula is C23H16FN5O2. The predicted molar refractivity (Wildman–Crippen MR) is 111 cm³/mol. The van der Waals surface area contributed by atoms with Crippen LogP contribution in [-0.4, -0.2) is 24.4 Å². The van der Waals surface area contributed by atoms with Crippen LogP contribution in [0.4, 0.5) is 10.1 Å². The number of fused-ring (bicyclic) bond motifs is 3. The molecule has 1 aliphatic heterocycles. The van der Waals surface area contributed by atoms with Crippen LogP contribution in [0.25, 0.3) is 16.4 Å². The third kappa shape index (κ3) is 3.07. The maximum Gasteiger partial charge on any atom is 0.242 e. The minimum absolute atomic E-state index is 0.219. The summed E-state index contributed by atoms with van der Waals surface area (Å²) in [5, 5.41) is 14.9. The molecule has 1 aliphatic rings. The van der Waals surface area contributed by atoms with Crippen molar-refractivity contribution in [2.24, 2.45) is 0 Å². The van der Waals surface area contributed by atoms with Gasteiger partial charge in [0.1, 0.15) is 11.5 Å². The van der Waals surface area contributed by atoms with Crippen LogP contribution in [0.1, 0.15) is 23.1 Å². The third-order valence-corrected chi connectivity index (χ3v) is 5.56. The highest BCUT2D eigenvalue weighted by atomic mass is 19.1. The lowest BCUT2D eigenvalue weighted by molar-refractivity contribution is 0.331. The topological polar surface area (TPSA) is 77.3 Å². The number of hydrogen-bond acceptors (Lipinski definition) is 4. The van der Waals surface area contributed by atoms with Gasteiger partial charge < -0.3 is 9.67 Å². The fourth-order valence-corrected chi connectivity index (χ4v) is 4.24. The van der Waals surface area contributed by atoms with E-state index in [1.807, 2.05) is 16.7 Å². The zero-order valence-electron chi connectivity index (χ0n) is 16.2. The summed E-state index contributed by atoms with van der Waals surface area (Å²) in [5.41, 5.74) is 1.59. The highest BCUT2D eigenvalue weighted by Crippen LogP contribution is 2.43. The van der Waals surface area contributed by atoms with Gasteiger partial charge in [0.15, 0.2) is 17.3 Å². The number of hydrogen-bond donors (Lipinski definition) is 1. The average Bonchev–Trinajstić information content (AvgIpc) is 3.25. The van der Waals surface area contributed by atoms with E-state index in [-0.39, 0.29) is 11.5 Å². The zero-order valence-corrected chi connectivity index (χ0v) is 16.2. The second-order valence-corrected chi connectivity index (χ2v) is 7.36. The van der Waals surface area contributed by atoms with Gasteiger partial charge in [-0.05, 0) is 23.3 Å². The number of aromatic nitrogens is 4. The Morgan fingerprint density at radius 1 is 1.19 bits per heavy atom.